The second-order valence-electron chi connectivity index (χ2n) is 6.09. The summed E-state index contributed by atoms with van der Waals surface area (Å²) in [6.07, 6.45) is 3.94. The summed E-state index contributed by atoms with van der Waals surface area (Å²) in [5, 5.41) is 3.11. The Morgan fingerprint density at radius 3 is 2.78 bits per heavy atom. The van der Waals surface area contributed by atoms with Gasteiger partial charge in [-0.2, -0.15) is 0 Å². The van der Waals surface area contributed by atoms with E-state index in [1.165, 1.54) is 6.42 Å². The first kappa shape index (κ1) is 20.3. The molecule has 0 bridgehead atoms. The quantitative estimate of drug-likeness (QED) is 0.787. The standard InChI is InChI=1S/C17H25BrN2O2.ClH/c1-11-7-8-16(14(18)9-11)22-12(2)17(21)20-15-6-4-3-5-13(15)10-19;/h7-9,12-13,15H,3-6,10,19H2,1-2H3,(H,20,21);1H. The molecule has 1 aliphatic carbocycles. The summed E-state index contributed by atoms with van der Waals surface area (Å²) in [5.74, 6) is 1.00. The van der Waals surface area contributed by atoms with Crippen LogP contribution in [0.4, 0.5) is 0 Å². The van der Waals surface area contributed by atoms with E-state index in [1.807, 2.05) is 25.1 Å². The number of aryl methyl sites for hydroxylation is 1. The maximum Gasteiger partial charge on any atom is 0.261 e. The molecule has 6 heteroatoms. The molecule has 1 amide bonds. The van der Waals surface area contributed by atoms with Gasteiger partial charge in [0.2, 0.25) is 0 Å². The number of benzene rings is 1. The van der Waals surface area contributed by atoms with Gasteiger partial charge in [0.05, 0.1) is 4.47 Å². The van der Waals surface area contributed by atoms with Gasteiger partial charge in [0, 0.05) is 6.04 Å². The minimum atomic E-state index is -0.528. The van der Waals surface area contributed by atoms with E-state index in [1.54, 1.807) is 6.92 Å². The van der Waals surface area contributed by atoms with Crippen molar-refractivity contribution in [2.24, 2.45) is 11.7 Å². The number of hydrogen-bond acceptors (Lipinski definition) is 3. The van der Waals surface area contributed by atoms with Crippen LogP contribution < -0.4 is 15.8 Å². The smallest absolute Gasteiger partial charge is 0.261 e. The fourth-order valence-electron chi connectivity index (χ4n) is 2.93. The van der Waals surface area contributed by atoms with Crippen molar-refractivity contribution in [3.05, 3.63) is 28.2 Å². The lowest BCUT2D eigenvalue weighted by atomic mass is 9.84. The Kier molecular flexibility index (Phi) is 8.37. The van der Waals surface area contributed by atoms with E-state index in [0.717, 1.165) is 29.3 Å². The Bertz CT molecular complexity index is 527. The summed E-state index contributed by atoms with van der Waals surface area (Å²) in [7, 11) is 0. The predicted octanol–water partition coefficient (Wildman–Crippen LogP) is 3.58. The van der Waals surface area contributed by atoms with E-state index in [-0.39, 0.29) is 24.4 Å². The summed E-state index contributed by atoms with van der Waals surface area (Å²) < 4.78 is 6.65. The molecule has 1 fully saturated rings. The number of carbonyl (C=O) groups is 1. The van der Waals surface area contributed by atoms with Crippen LogP contribution >= 0.6 is 28.3 Å². The van der Waals surface area contributed by atoms with E-state index in [4.69, 9.17) is 10.5 Å². The molecule has 0 aliphatic heterocycles. The van der Waals surface area contributed by atoms with E-state index in [0.29, 0.717) is 18.2 Å². The summed E-state index contributed by atoms with van der Waals surface area (Å²) in [5.41, 5.74) is 6.96. The molecule has 3 N–H and O–H groups in total. The minimum Gasteiger partial charge on any atom is -0.480 e. The molecule has 0 aromatic heterocycles. The monoisotopic (exact) mass is 404 g/mol. The molecule has 1 aromatic rings. The molecule has 1 saturated carbocycles. The topological polar surface area (TPSA) is 64.3 Å². The molecule has 1 aromatic carbocycles. The van der Waals surface area contributed by atoms with Gasteiger partial charge in [-0.25, -0.2) is 0 Å². The highest BCUT2D eigenvalue weighted by Gasteiger charge is 2.27. The normalized spacial score (nSPS) is 21.9. The Hall–Kier alpha value is -0.780. The summed E-state index contributed by atoms with van der Waals surface area (Å²) in [4.78, 5) is 12.4. The molecular weight excluding hydrogens is 380 g/mol. The van der Waals surface area contributed by atoms with E-state index in [9.17, 15) is 4.79 Å². The van der Waals surface area contributed by atoms with Gasteiger partial charge in [-0.1, -0.05) is 18.9 Å². The van der Waals surface area contributed by atoms with Crippen LogP contribution in [0.2, 0.25) is 0 Å². The molecule has 1 aliphatic rings. The SMILES string of the molecule is Cc1ccc(OC(C)C(=O)NC2CCCCC2CN)c(Br)c1.Cl. The van der Waals surface area contributed by atoms with Gasteiger partial charge < -0.3 is 15.8 Å². The molecule has 0 saturated heterocycles. The number of rotatable bonds is 5. The Balaban J connectivity index is 0.00000264. The zero-order chi connectivity index (χ0) is 16.1. The highest BCUT2D eigenvalue weighted by Crippen LogP contribution is 2.27. The highest BCUT2D eigenvalue weighted by molar-refractivity contribution is 9.10. The molecule has 3 unspecified atom stereocenters. The number of carbonyl (C=O) groups excluding carboxylic acids is 1. The van der Waals surface area contributed by atoms with Crippen molar-refractivity contribution in [2.45, 2.75) is 51.7 Å². The number of ether oxygens (including phenoxy) is 1. The Morgan fingerprint density at radius 1 is 1.43 bits per heavy atom. The first-order valence-corrected chi connectivity index (χ1v) is 8.73. The lowest BCUT2D eigenvalue weighted by Crippen LogP contribution is -2.48. The Labute approximate surface area is 153 Å². The largest absolute Gasteiger partial charge is 0.480 e. The van der Waals surface area contributed by atoms with Gasteiger partial charge >= 0.3 is 0 Å². The number of halogens is 2. The molecule has 3 atom stereocenters. The van der Waals surface area contributed by atoms with Crippen LogP contribution in [0.25, 0.3) is 0 Å². The lowest BCUT2D eigenvalue weighted by molar-refractivity contribution is -0.128. The van der Waals surface area contributed by atoms with Crippen molar-refractivity contribution >= 4 is 34.2 Å². The van der Waals surface area contributed by atoms with Crippen molar-refractivity contribution in [1.29, 1.82) is 0 Å². The van der Waals surface area contributed by atoms with Gasteiger partial charge in [-0.05, 0) is 72.8 Å². The van der Waals surface area contributed by atoms with Gasteiger partial charge in [0.25, 0.3) is 5.91 Å². The van der Waals surface area contributed by atoms with Crippen LogP contribution in [0.1, 0.15) is 38.2 Å². The second-order valence-corrected chi connectivity index (χ2v) is 6.94. The summed E-state index contributed by atoms with van der Waals surface area (Å²) >= 11 is 3.47. The van der Waals surface area contributed by atoms with Crippen LogP contribution in [0.5, 0.6) is 5.75 Å². The third kappa shape index (κ3) is 5.66. The fourth-order valence-corrected chi connectivity index (χ4v) is 3.51. The molecule has 0 heterocycles. The highest BCUT2D eigenvalue weighted by atomic mass is 79.9. The van der Waals surface area contributed by atoms with Crippen molar-refractivity contribution in [1.82, 2.24) is 5.32 Å². The molecule has 2 rings (SSSR count). The summed E-state index contributed by atoms with van der Waals surface area (Å²) in [6.45, 7) is 4.42. The molecule has 0 radical (unpaired) electrons. The van der Waals surface area contributed by atoms with E-state index < -0.39 is 6.10 Å². The zero-order valence-electron chi connectivity index (χ0n) is 13.7. The first-order chi connectivity index (χ1) is 10.5. The third-order valence-corrected chi connectivity index (χ3v) is 4.92. The number of nitrogens with two attached hydrogens (primary N) is 1. The third-order valence-electron chi connectivity index (χ3n) is 4.30. The maximum atomic E-state index is 12.4. The minimum absolute atomic E-state index is 0. The van der Waals surface area contributed by atoms with Crippen molar-refractivity contribution < 1.29 is 9.53 Å². The molecule has 0 spiro atoms. The fraction of sp³-hybridized carbons (Fsp3) is 0.588. The molecule has 130 valence electrons. The van der Waals surface area contributed by atoms with Crippen LogP contribution in [-0.2, 0) is 4.79 Å². The van der Waals surface area contributed by atoms with E-state index >= 15 is 0 Å². The van der Waals surface area contributed by atoms with Crippen LogP contribution in [0.15, 0.2) is 22.7 Å². The number of amides is 1. The molecule has 4 nitrogen and oxygen atoms in total. The average Bonchev–Trinajstić information content (AvgIpc) is 2.50. The van der Waals surface area contributed by atoms with Crippen LogP contribution in [0.3, 0.4) is 0 Å². The van der Waals surface area contributed by atoms with Gasteiger partial charge in [0.15, 0.2) is 6.10 Å². The van der Waals surface area contributed by atoms with Gasteiger partial charge in [-0.3, -0.25) is 4.79 Å². The second kappa shape index (κ2) is 9.50. The van der Waals surface area contributed by atoms with Crippen molar-refractivity contribution in [3.63, 3.8) is 0 Å². The lowest BCUT2D eigenvalue weighted by Gasteiger charge is -2.32. The number of hydrogen-bond donors (Lipinski definition) is 2. The van der Waals surface area contributed by atoms with Gasteiger partial charge in [-0.15, -0.1) is 12.4 Å². The zero-order valence-corrected chi connectivity index (χ0v) is 16.1. The van der Waals surface area contributed by atoms with Crippen molar-refractivity contribution in [2.75, 3.05) is 6.54 Å². The van der Waals surface area contributed by atoms with Crippen LogP contribution in [-0.4, -0.2) is 24.6 Å². The number of nitrogens with one attached hydrogen (secondary N) is 1. The Morgan fingerprint density at radius 2 is 2.13 bits per heavy atom. The van der Waals surface area contributed by atoms with Crippen LogP contribution in [0, 0.1) is 12.8 Å². The average molecular weight is 406 g/mol. The maximum absolute atomic E-state index is 12.4. The molecule has 23 heavy (non-hydrogen) atoms. The van der Waals surface area contributed by atoms with Gasteiger partial charge in [0.1, 0.15) is 5.75 Å². The van der Waals surface area contributed by atoms with E-state index in [2.05, 4.69) is 21.2 Å². The first-order valence-electron chi connectivity index (χ1n) is 7.94. The molecular formula is C17H26BrClN2O2. The van der Waals surface area contributed by atoms with Crippen molar-refractivity contribution in [3.8, 4) is 5.75 Å². The predicted molar refractivity (Wildman–Crippen MR) is 99.2 cm³/mol. The summed E-state index contributed by atoms with van der Waals surface area (Å²) in [6, 6.07) is 6.01.